The van der Waals surface area contributed by atoms with E-state index in [2.05, 4.69) is 0 Å². The van der Waals surface area contributed by atoms with Crippen LogP contribution in [0.1, 0.15) is 45.6 Å². The minimum Gasteiger partial charge on any atom is -0.466 e. The van der Waals surface area contributed by atoms with Crippen LogP contribution in [0, 0.1) is 5.92 Å². The smallest absolute Gasteiger partial charge is 0.410 e. The highest BCUT2D eigenvalue weighted by molar-refractivity contribution is 7.89. The molecule has 1 aromatic carbocycles. The van der Waals surface area contributed by atoms with Crippen LogP contribution >= 0.6 is 0 Å². The van der Waals surface area contributed by atoms with Crippen LogP contribution in [0.4, 0.5) is 4.79 Å². The average Bonchev–Trinajstić information content (AvgIpc) is 3.48. The number of sulfonamides is 1. The summed E-state index contributed by atoms with van der Waals surface area (Å²) in [6.45, 7) is 8.55. The normalized spacial score (nSPS) is 22.5. The zero-order valence-corrected chi connectivity index (χ0v) is 18.8. The monoisotopic (exact) mass is 438 g/mol. The van der Waals surface area contributed by atoms with Gasteiger partial charge in [0, 0.05) is 26.2 Å². The van der Waals surface area contributed by atoms with Gasteiger partial charge < -0.3 is 14.4 Å². The van der Waals surface area contributed by atoms with E-state index < -0.39 is 21.7 Å². The van der Waals surface area contributed by atoms with Crippen LogP contribution in [0.25, 0.3) is 0 Å². The first-order valence-electron chi connectivity index (χ1n) is 10.3. The number of benzene rings is 1. The zero-order chi connectivity index (χ0) is 22.1. The maximum atomic E-state index is 13.0. The fourth-order valence-electron chi connectivity index (χ4n) is 3.55. The number of carbonyl (C=O) groups is 2. The third-order valence-corrected chi connectivity index (χ3v) is 7.13. The van der Waals surface area contributed by atoms with Gasteiger partial charge in [-0.1, -0.05) is 12.1 Å². The van der Waals surface area contributed by atoms with Crippen molar-refractivity contribution in [1.29, 1.82) is 0 Å². The lowest BCUT2D eigenvalue weighted by Gasteiger charge is -2.35. The summed E-state index contributed by atoms with van der Waals surface area (Å²) in [4.78, 5) is 25.7. The summed E-state index contributed by atoms with van der Waals surface area (Å²) in [6, 6.07) is 6.72. The molecule has 2 atom stereocenters. The second kappa shape index (κ2) is 8.55. The summed E-state index contributed by atoms with van der Waals surface area (Å²) in [7, 11) is -3.64. The highest BCUT2D eigenvalue weighted by Gasteiger charge is 2.45. The van der Waals surface area contributed by atoms with E-state index in [0.29, 0.717) is 6.61 Å². The number of piperazine rings is 1. The van der Waals surface area contributed by atoms with Crippen molar-refractivity contribution in [3.05, 3.63) is 29.8 Å². The van der Waals surface area contributed by atoms with Gasteiger partial charge in [-0.2, -0.15) is 4.31 Å². The van der Waals surface area contributed by atoms with Crippen LogP contribution in [0.2, 0.25) is 0 Å². The molecule has 1 saturated carbocycles. The molecule has 1 saturated heterocycles. The van der Waals surface area contributed by atoms with Crippen LogP contribution in [-0.2, 0) is 24.3 Å². The van der Waals surface area contributed by atoms with Crippen LogP contribution in [-0.4, -0.2) is 68.1 Å². The van der Waals surface area contributed by atoms with Gasteiger partial charge in [0.25, 0.3) is 0 Å². The van der Waals surface area contributed by atoms with Crippen molar-refractivity contribution < 1.29 is 27.5 Å². The molecule has 1 aliphatic heterocycles. The van der Waals surface area contributed by atoms with E-state index in [9.17, 15) is 18.0 Å². The van der Waals surface area contributed by atoms with Gasteiger partial charge in [-0.15, -0.1) is 0 Å². The number of esters is 1. The first-order chi connectivity index (χ1) is 14.0. The van der Waals surface area contributed by atoms with E-state index >= 15 is 0 Å². The number of ether oxygens (including phenoxy) is 2. The van der Waals surface area contributed by atoms with Gasteiger partial charge in [-0.05, 0) is 57.7 Å². The van der Waals surface area contributed by atoms with Gasteiger partial charge in [-0.3, -0.25) is 4.79 Å². The summed E-state index contributed by atoms with van der Waals surface area (Å²) >= 11 is 0. The molecule has 1 heterocycles. The summed E-state index contributed by atoms with van der Waals surface area (Å²) < 4.78 is 37.7. The largest absolute Gasteiger partial charge is 0.466 e. The number of amides is 1. The molecule has 2 aliphatic rings. The number of rotatable bonds is 5. The summed E-state index contributed by atoms with van der Waals surface area (Å²) in [6.07, 6.45) is 0.307. The minimum atomic E-state index is -3.64. The molecule has 1 aromatic rings. The molecule has 3 rings (SSSR count). The summed E-state index contributed by atoms with van der Waals surface area (Å²) in [5.74, 6) is -0.228. The SMILES string of the molecule is CCOC(=O)[C@@H]1C[C@H]1c1ccc(S(=O)(=O)N2CCN(C(=O)OC(C)(C)C)CC2)cc1. The van der Waals surface area contributed by atoms with Crippen LogP contribution in [0.3, 0.4) is 0 Å². The molecule has 0 spiro atoms. The third kappa shape index (κ3) is 5.13. The maximum absolute atomic E-state index is 13.0. The Morgan fingerprint density at radius 3 is 2.20 bits per heavy atom. The van der Waals surface area contributed by atoms with E-state index in [4.69, 9.17) is 9.47 Å². The Kier molecular flexibility index (Phi) is 6.43. The van der Waals surface area contributed by atoms with Crippen molar-refractivity contribution in [3.8, 4) is 0 Å². The van der Waals surface area contributed by atoms with Gasteiger partial charge in [0.05, 0.1) is 17.4 Å². The molecule has 0 bridgehead atoms. The first kappa shape index (κ1) is 22.6. The van der Waals surface area contributed by atoms with Crippen LogP contribution < -0.4 is 0 Å². The number of nitrogens with zero attached hydrogens (tertiary/aromatic N) is 2. The molecule has 0 radical (unpaired) electrons. The number of carbonyl (C=O) groups excluding carboxylic acids is 2. The zero-order valence-electron chi connectivity index (χ0n) is 18.0. The molecule has 2 fully saturated rings. The third-order valence-electron chi connectivity index (χ3n) is 5.22. The second-order valence-electron chi connectivity index (χ2n) is 8.64. The Balaban J connectivity index is 1.59. The molecule has 0 aromatic heterocycles. The Morgan fingerprint density at radius 1 is 1.07 bits per heavy atom. The highest BCUT2D eigenvalue weighted by Crippen LogP contribution is 2.48. The van der Waals surface area contributed by atoms with Crippen molar-refractivity contribution in [3.63, 3.8) is 0 Å². The molecule has 1 aliphatic carbocycles. The Hall–Kier alpha value is -2.13. The van der Waals surface area contributed by atoms with Gasteiger partial charge in [0.2, 0.25) is 10.0 Å². The Bertz CT molecular complexity index is 883. The molecule has 9 heteroatoms. The summed E-state index contributed by atoms with van der Waals surface area (Å²) in [5, 5.41) is 0. The predicted molar refractivity (Wildman–Crippen MR) is 110 cm³/mol. The topological polar surface area (TPSA) is 93.2 Å². The Morgan fingerprint density at radius 2 is 1.67 bits per heavy atom. The van der Waals surface area contributed by atoms with Crippen molar-refractivity contribution in [2.75, 3.05) is 32.8 Å². The quantitative estimate of drug-likeness (QED) is 0.656. The molecule has 0 N–H and O–H groups in total. The van der Waals surface area contributed by atoms with Gasteiger partial charge in [-0.25, -0.2) is 13.2 Å². The van der Waals surface area contributed by atoms with Crippen molar-refractivity contribution in [2.45, 2.75) is 50.5 Å². The fraction of sp³-hybridized carbons (Fsp3) is 0.619. The van der Waals surface area contributed by atoms with E-state index in [1.807, 2.05) is 0 Å². The lowest BCUT2D eigenvalue weighted by atomic mass is 10.1. The van der Waals surface area contributed by atoms with Gasteiger partial charge >= 0.3 is 12.1 Å². The predicted octanol–water partition coefficient (Wildman–Crippen LogP) is 2.59. The van der Waals surface area contributed by atoms with Crippen LogP contribution in [0.5, 0.6) is 0 Å². The van der Waals surface area contributed by atoms with Crippen molar-refractivity contribution >= 4 is 22.1 Å². The van der Waals surface area contributed by atoms with E-state index in [1.165, 1.54) is 9.21 Å². The number of hydrogen-bond acceptors (Lipinski definition) is 6. The van der Waals surface area contributed by atoms with Gasteiger partial charge in [0.1, 0.15) is 5.60 Å². The van der Waals surface area contributed by atoms with Crippen LogP contribution in [0.15, 0.2) is 29.2 Å². The average molecular weight is 439 g/mol. The number of hydrogen-bond donors (Lipinski definition) is 0. The molecule has 166 valence electrons. The first-order valence-corrected chi connectivity index (χ1v) is 11.7. The maximum Gasteiger partial charge on any atom is 0.410 e. The fourth-order valence-corrected chi connectivity index (χ4v) is 4.97. The van der Waals surface area contributed by atoms with E-state index in [0.717, 1.165) is 12.0 Å². The molecule has 0 unspecified atom stereocenters. The summed E-state index contributed by atoms with van der Waals surface area (Å²) in [5.41, 5.74) is 0.359. The van der Waals surface area contributed by atoms with Gasteiger partial charge in [0.15, 0.2) is 0 Å². The van der Waals surface area contributed by atoms with Crippen molar-refractivity contribution in [2.24, 2.45) is 5.92 Å². The van der Waals surface area contributed by atoms with Crippen molar-refractivity contribution in [1.82, 2.24) is 9.21 Å². The second-order valence-corrected chi connectivity index (χ2v) is 10.6. The standard InChI is InChI=1S/C21H30N2O6S/c1-5-28-19(24)18-14-17(18)15-6-8-16(9-7-15)30(26,27)23-12-10-22(11-13-23)20(25)29-21(2,3)4/h6-9,17-18H,5,10-14H2,1-4H3/t17-,18+/m0/s1. The van der Waals surface area contributed by atoms with E-state index in [-0.39, 0.29) is 48.9 Å². The molecule has 30 heavy (non-hydrogen) atoms. The minimum absolute atomic E-state index is 0.0955. The molecular formula is C21H30N2O6S. The lowest BCUT2D eigenvalue weighted by molar-refractivity contribution is -0.144. The molecule has 8 nitrogen and oxygen atoms in total. The highest BCUT2D eigenvalue weighted by atomic mass is 32.2. The van der Waals surface area contributed by atoms with E-state index in [1.54, 1.807) is 52.0 Å². The molecular weight excluding hydrogens is 408 g/mol. The lowest BCUT2D eigenvalue weighted by Crippen LogP contribution is -2.51. The molecule has 1 amide bonds. The Labute approximate surface area is 178 Å².